The Hall–Kier alpha value is -4.29. The highest BCUT2D eigenvalue weighted by Crippen LogP contribution is 2.41. The lowest BCUT2D eigenvalue weighted by molar-refractivity contribution is -0.274. The van der Waals surface area contributed by atoms with E-state index in [1.54, 1.807) is 29.1 Å². The van der Waals surface area contributed by atoms with E-state index in [9.17, 15) is 18.0 Å². The SMILES string of the molecule is O=C(NC1(c2ccc(OC(F)(F)F)cc2)CCOc2cccnc21)c1cc2n(n1)CCCO2.O=CO. The largest absolute Gasteiger partial charge is 0.573 e. The second kappa shape index (κ2) is 10.1. The van der Waals surface area contributed by atoms with Crippen LogP contribution in [0.5, 0.6) is 17.4 Å². The molecule has 1 amide bonds. The van der Waals surface area contributed by atoms with E-state index in [2.05, 4.69) is 20.1 Å². The lowest BCUT2D eigenvalue weighted by Gasteiger charge is -2.38. The number of amides is 1. The van der Waals surface area contributed by atoms with E-state index in [4.69, 9.17) is 19.4 Å². The number of ether oxygens (including phenoxy) is 3. The molecule has 36 heavy (non-hydrogen) atoms. The zero-order valence-corrected chi connectivity index (χ0v) is 18.7. The van der Waals surface area contributed by atoms with Crippen LogP contribution < -0.4 is 19.5 Å². The summed E-state index contributed by atoms with van der Waals surface area (Å²) in [6.45, 7) is 1.22. The molecule has 2 aromatic heterocycles. The molecule has 1 aromatic carbocycles. The average molecular weight is 506 g/mol. The van der Waals surface area contributed by atoms with Gasteiger partial charge < -0.3 is 24.6 Å². The van der Waals surface area contributed by atoms with E-state index in [1.807, 2.05) is 0 Å². The molecular weight excluding hydrogens is 485 g/mol. The van der Waals surface area contributed by atoms with E-state index in [0.717, 1.165) is 6.42 Å². The lowest BCUT2D eigenvalue weighted by Crippen LogP contribution is -2.50. The fourth-order valence-electron chi connectivity index (χ4n) is 4.11. The van der Waals surface area contributed by atoms with E-state index in [1.165, 1.54) is 24.3 Å². The number of aryl methyl sites for hydroxylation is 1. The summed E-state index contributed by atoms with van der Waals surface area (Å²) in [5.74, 6) is 0.168. The highest BCUT2D eigenvalue weighted by molar-refractivity contribution is 5.93. The number of nitrogens with one attached hydrogen (secondary N) is 1. The molecule has 0 radical (unpaired) electrons. The number of benzene rings is 1. The van der Waals surface area contributed by atoms with Gasteiger partial charge in [0.15, 0.2) is 5.69 Å². The van der Waals surface area contributed by atoms with Crippen LogP contribution in [0.15, 0.2) is 48.7 Å². The molecule has 1 unspecified atom stereocenters. The topological polar surface area (TPSA) is 125 Å². The molecule has 0 spiro atoms. The summed E-state index contributed by atoms with van der Waals surface area (Å²) in [6.07, 6.45) is -2.13. The number of halogens is 3. The smallest absolute Gasteiger partial charge is 0.491 e. The van der Waals surface area contributed by atoms with Crippen molar-refractivity contribution in [1.82, 2.24) is 20.1 Å². The van der Waals surface area contributed by atoms with Crippen LogP contribution in [0.1, 0.15) is 34.6 Å². The van der Waals surface area contributed by atoms with Gasteiger partial charge in [-0.15, -0.1) is 13.2 Å². The quantitative estimate of drug-likeness (QED) is 0.518. The highest BCUT2D eigenvalue weighted by Gasteiger charge is 2.43. The van der Waals surface area contributed by atoms with Crippen LogP contribution in [0, 0.1) is 0 Å². The molecule has 0 fully saturated rings. The van der Waals surface area contributed by atoms with Crippen LogP contribution >= 0.6 is 0 Å². The van der Waals surface area contributed by atoms with Gasteiger partial charge in [-0.1, -0.05) is 12.1 Å². The number of carbonyl (C=O) groups excluding carboxylic acids is 1. The number of pyridine rings is 1. The number of hydrogen-bond acceptors (Lipinski definition) is 7. The molecule has 10 nitrogen and oxygen atoms in total. The standard InChI is InChI=1S/C22H19F3N4O4.CH2O2/c23-22(24,25)33-15-6-4-14(5-7-15)21(8-12-31-17-3-1-9-26-19(17)21)27-20(30)16-13-18-29(28-16)10-2-11-32-18;2-1-3/h1,3-7,9,13H,2,8,10-12H2,(H,27,30);1H,(H,2,3). The van der Waals surface area contributed by atoms with Crippen LogP contribution in [0.25, 0.3) is 0 Å². The summed E-state index contributed by atoms with van der Waals surface area (Å²) in [6, 6.07) is 10.4. The highest BCUT2D eigenvalue weighted by atomic mass is 19.4. The average Bonchev–Trinajstić information content (AvgIpc) is 3.29. The van der Waals surface area contributed by atoms with Gasteiger partial charge in [0, 0.05) is 31.6 Å². The Morgan fingerprint density at radius 3 is 2.64 bits per heavy atom. The van der Waals surface area contributed by atoms with Gasteiger partial charge in [-0.2, -0.15) is 5.10 Å². The van der Waals surface area contributed by atoms with Crippen LogP contribution in [-0.2, 0) is 16.9 Å². The van der Waals surface area contributed by atoms with Crippen molar-refractivity contribution in [1.29, 1.82) is 0 Å². The van der Waals surface area contributed by atoms with Gasteiger partial charge in [-0.25, -0.2) is 4.68 Å². The molecule has 0 bridgehead atoms. The number of rotatable bonds is 4. The number of alkyl halides is 3. The van der Waals surface area contributed by atoms with Gasteiger partial charge in [0.25, 0.3) is 12.4 Å². The minimum absolute atomic E-state index is 0.173. The molecule has 0 saturated carbocycles. The van der Waals surface area contributed by atoms with Gasteiger partial charge >= 0.3 is 6.36 Å². The number of aromatic nitrogens is 3. The van der Waals surface area contributed by atoms with Crippen molar-refractivity contribution >= 4 is 12.4 Å². The van der Waals surface area contributed by atoms with Gasteiger partial charge in [0.1, 0.15) is 22.7 Å². The maximum absolute atomic E-state index is 13.3. The fourth-order valence-corrected chi connectivity index (χ4v) is 4.11. The van der Waals surface area contributed by atoms with Crippen molar-refractivity contribution < 1.29 is 42.1 Å². The predicted octanol–water partition coefficient (Wildman–Crippen LogP) is 3.12. The molecule has 2 aliphatic rings. The van der Waals surface area contributed by atoms with Gasteiger partial charge in [0.05, 0.1) is 13.2 Å². The second-order valence-electron chi connectivity index (χ2n) is 7.78. The number of nitrogens with zero attached hydrogens (tertiary/aromatic N) is 3. The van der Waals surface area contributed by atoms with Crippen molar-refractivity contribution in [3.05, 3.63) is 65.6 Å². The van der Waals surface area contributed by atoms with E-state index < -0.39 is 17.8 Å². The van der Waals surface area contributed by atoms with Crippen molar-refractivity contribution in [3.8, 4) is 17.4 Å². The molecule has 1 atom stereocenters. The Kier molecular flexibility index (Phi) is 6.99. The van der Waals surface area contributed by atoms with E-state index in [0.29, 0.717) is 42.5 Å². The first-order valence-electron chi connectivity index (χ1n) is 10.8. The Morgan fingerprint density at radius 1 is 1.19 bits per heavy atom. The summed E-state index contributed by atoms with van der Waals surface area (Å²) < 4.78 is 54.7. The summed E-state index contributed by atoms with van der Waals surface area (Å²) in [5.41, 5.74) is 0.0173. The van der Waals surface area contributed by atoms with Crippen LogP contribution in [0.3, 0.4) is 0 Å². The summed E-state index contributed by atoms with van der Waals surface area (Å²) in [7, 11) is 0. The monoisotopic (exact) mass is 506 g/mol. The second-order valence-corrected chi connectivity index (χ2v) is 7.78. The summed E-state index contributed by atoms with van der Waals surface area (Å²) >= 11 is 0. The summed E-state index contributed by atoms with van der Waals surface area (Å²) in [4.78, 5) is 26.1. The summed E-state index contributed by atoms with van der Waals surface area (Å²) in [5, 5.41) is 14.2. The first-order valence-corrected chi connectivity index (χ1v) is 10.8. The molecule has 2 aliphatic heterocycles. The third-order valence-electron chi connectivity index (χ3n) is 5.56. The van der Waals surface area contributed by atoms with Crippen LogP contribution in [0.4, 0.5) is 13.2 Å². The fraction of sp³-hybridized carbons (Fsp3) is 0.304. The zero-order valence-electron chi connectivity index (χ0n) is 18.7. The first kappa shape index (κ1) is 24.8. The Balaban J connectivity index is 0.000000967. The minimum Gasteiger partial charge on any atom is -0.491 e. The van der Waals surface area contributed by atoms with Crippen molar-refractivity contribution in [2.24, 2.45) is 0 Å². The number of fused-ring (bicyclic) bond motifs is 2. The van der Waals surface area contributed by atoms with Gasteiger partial charge in [-0.05, 0) is 29.8 Å². The normalized spacial score (nSPS) is 18.2. The molecule has 0 aliphatic carbocycles. The van der Waals surface area contributed by atoms with Crippen molar-refractivity contribution in [2.45, 2.75) is 31.3 Å². The van der Waals surface area contributed by atoms with Crippen molar-refractivity contribution in [3.63, 3.8) is 0 Å². The molecule has 190 valence electrons. The van der Waals surface area contributed by atoms with E-state index >= 15 is 0 Å². The maximum Gasteiger partial charge on any atom is 0.573 e. The van der Waals surface area contributed by atoms with Crippen LogP contribution in [-0.4, -0.2) is 51.8 Å². The molecule has 2 N–H and O–H groups in total. The zero-order chi connectivity index (χ0) is 25.8. The van der Waals surface area contributed by atoms with Crippen molar-refractivity contribution in [2.75, 3.05) is 13.2 Å². The van der Waals surface area contributed by atoms with E-state index in [-0.39, 0.29) is 24.5 Å². The first-order chi connectivity index (χ1) is 17.3. The number of carboxylic acid groups (broad SMARTS) is 1. The van der Waals surface area contributed by atoms with Crippen LogP contribution in [0.2, 0.25) is 0 Å². The Bertz CT molecular complexity index is 1210. The molecule has 13 heteroatoms. The number of hydrogen-bond donors (Lipinski definition) is 2. The molecular formula is C23H21F3N4O6. The maximum atomic E-state index is 13.3. The third kappa shape index (κ3) is 5.19. The minimum atomic E-state index is -4.80. The molecule has 5 rings (SSSR count). The molecule has 4 heterocycles. The lowest BCUT2D eigenvalue weighted by atomic mass is 9.81. The number of carbonyl (C=O) groups is 2. The molecule has 3 aromatic rings. The Labute approximate surface area is 202 Å². The van der Waals surface area contributed by atoms with Gasteiger partial charge in [-0.3, -0.25) is 14.6 Å². The third-order valence-corrected chi connectivity index (χ3v) is 5.56. The predicted molar refractivity (Wildman–Crippen MR) is 117 cm³/mol. The van der Waals surface area contributed by atoms with Gasteiger partial charge in [0.2, 0.25) is 5.88 Å². The Morgan fingerprint density at radius 2 is 1.94 bits per heavy atom. The molecule has 0 saturated heterocycles.